The molecular weight excluding hydrogens is 320 g/mol. The van der Waals surface area contributed by atoms with Crippen LogP contribution in [0.5, 0.6) is 11.5 Å². The minimum absolute atomic E-state index is 0.0308. The molecule has 0 fully saturated rings. The molecule has 0 heterocycles. The number of halogens is 3. The molecule has 8 heteroatoms. The van der Waals surface area contributed by atoms with Gasteiger partial charge in [0.1, 0.15) is 11.5 Å². The molecule has 0 aromatic heterocycles. The molecule has 0 aliphatic heterocycles. The maximum absolute atomic E-state index is 13.1. The zero-order valence-electron chi connectivity index (χ0n) is 11.1. The third kappa shape index (κ3) is 4.79. The van der Waals surface area contributed by atoms with Gasteiger partial charge in [0.2, 0.25) is 0 Å². The molecule has 0 amide bonds. The normalized spacial score (nSPS) is 12.9. The average molecular weight is 332 g/mol. The molecule has 4 nitrogen and oxygen atoms in total. The topological polar surface area (TPSA) is 44.8 Å². The second kappa shape index (κ2) is 7.33. The van der Waals surface area contributed by atoms with Gasteiger partial charge in [-0.2, -0.15) is 0 Å². The van der Waals surface area contributed by atoms with E-state index in [0.717, 1.165) is 0 Å². The number of phosphoric acid groups is 1. The van der Waals surface area contributed by atoms with Crippen LogP contribution in [0.25, 0.3) is 0 Å². The number of alkyl halides is 3. The number of rotatable bonds is 7. The molecule has 0 saturated heterocycles. The Morgan fingerprint density at radius 3 is 1.55 bits per heavy atom. The van der Waals surface area contributed by atoms with Crippen molar-refractivity contribution in [3.05, 3.63) is 60.7 Å². The van der Waals surface area contributed by atoms with Gasteiger partial charge in [-0.05, 0) is 24.3 Å². The predicted molar refractivity (Wildman–Crippen MR) is 73.7 cm³/mol. The maximum atomic E-state index is 13.1. The fraction of sp³-hybridized carbons (Fsp3) is 0.143. The fourth-order valence-electron chi connectivity index (χ4n) is 1.45. The lowest BCUT2D eigenvalue weighted by atomic mass is 10.3. The van der Waals surface area contributed by atoms with E-state index in [1.54, 1.807) is 36.4 Å². The summed E-state index contributed by atoms with van der Waals surface area (Å²) >= 11 is 0. The molecule has 2 rings (SSSR count). The van der Waals surface area contributed by atoms with E-state index in [1.165, 1.54) is 24.3 Å². The summed E-state index contributed by atoms with van der Waals surface area (Å²) in [5.41, 5.74) is 0. The van der Waals surface area contributed by atoms with Crippen molar-refractivity contribution in [2.24, 2.45) is 0 Å². The summed E-state index contributed by atoms with van der Waals surface area (Å²) in [6.45, 7) is 0. The molecule has 0 spiro atoms. The standard InChI is InChI=1S/C14H12F3O4P/c15-13(16)14(17)21-22(18,19-11-7-3-1-4-8-11)20-12-9-5-2-6-10-12/h1-10,13-14H. The first-order valence-electron chi connectivity index (χ1n) is 6.18. The van der Waals surface area contributed by atoms with Crippen LogP contribution in [0.4, 0.5) is 13.2 Å². The van der Waals surface area contributed by atoms with Crippen LogP contribution in [-0.2, 0) is 9.09 Å². The third-order valence-corrected chi connectivity index (χ3v) is 3.68. The summed E-state index contributed by atoms with van der Waals surface area (Å²) in [6, 6.07) is 15.2. The molecular formula is C14H12F3O4P. The number of hydrogen-bond donors (Lipinski definition) is 0. The molecule has 118 valence electrons. The van der Waals surface area contributed by atoms with Gasteiger partial charge in [-0.1, -0.05) is 36.4 Å². The minimum atomic E-state index is -4.63. The lowest BCUT2D eigenvalue weighted by molar-refractivity contribution is -0.0771. The molecule has 2 aromatic rings. The van der Waals surface area contributed by atoms with Gasteiger partial charge < -0.3 is 9.05 Å². The Morgan fingerprint density at radius 2 is 1.18 bits per heavy atom. The highest BCUT2D eigenvalue weighted by molar-refractivity contribution is 7.49. The van der Waals surface area contributed by atoms with Crippen molar-refractivity contribution >= 4 is 7.82 Å². The first-order valence-corrected chi connectivity index (χ1v) is 7.64. The van der Waals surface area contributed by atoms with E-state index < -0.39 is 20.6 Å². The smallest absolute Gasteiger partial charge is 0.395 e. The Labute approximate surface area is 125 Å². The van der Waals surface area contributed by atoms with Gasteiger partial charge in [-0.15, -0.1) is 0 Å². The predicted octanol–water partition coefficient (Wildman–Crippen LogP) is 4.83. The highest BCUT2D eigenvalue weighted by Gasteiger charge is 2.38. The van der Waals surface area contributed by atoms with Crippen molar-refractivity contribution in [2.75, 3.05) is 0 Å². The first kappa shape index (κ1) is 16.4. The van der Waals surface area contributed by atoms with Crippen molar-refractivity contribution in [2.45, 2.75) is 12.8 Å². The zero-order chi connectivity index (χ0) is 16.0. The lowest BCUT2D eigenvalue weighted by Crippen LogP contribution is -2.18. The Hall–Kier alpha value is -1.98. The zero-order valence-corrected chi connectivity index (χ0v) is 12.0. The third-order valence-electron chi connectivity index (χ3n) is 2.35. The SMILES string of the molecule is O=P(Oc1ccccc1)(Oc1ccccc1)OC(F)C(F)F. The van der Waals surface area contributed by atoms with E-state index >= 15 is 0 Å². The highest BCUT2D eigenvalue weighted by Crippen LogP contribution is 2.51. The van der Waals surface area contributed by atoms with Crippen LogP contribution in [-0.4, -0.2) is 12.8 Å². The summed E-state index contributed by atoms with van der Waals surface area (Å²) in [6.07, 6.45) is -6.58. The Kier molecular flexibility index (Phi) is 5.46. The van der Waals surface area contributed by atoms with Crippen molar-refractivity contribution in [3.63, 3.8) is 0 Å². The molecule has 0 saturated carbocycles. The van der Waals surface area contributed by atoms with E-state index in [2.05, 4.69) is 4.52 Å². The van der Waals surface area contributed by atoms with Gasteiger partial charge in [0.15, 0.2) is 0 Å². The molecule has 2 aromatic carbocycles. The quantitative estimate of drug-likeness (QED) is 0.681. The first-order chi connectivity index (χ1) is 10.5. The van der Waals surface area contributed by atoms with Gasteiger partial charge in [0.25, 0.3) is 12.8 Å². The summed E-state index contributed by atoms with van der Waals surface area (Å²) in [7, 11) is -4.63. The molecule has 1 unspecified atom stereocenters. The summed E-state index contributed by atoms with van der Waals surface area (Å²) in [5.74, 6) is 0.0615. The molecule has 1 atom stereocenters. The monoisotopic (exact) mass is 332 g/mol. The van der Waals surface area contributed by atoms with E-state index in [0.29, 0.717) is 0 Å². The van der Waals surface area contributed by atoms with Crippen molar-refractivity contribution < 1.29 is 31.3 Å². The number of benzene rings is 2. The lowest BCUT2D eigenvalue weighted by Gasteiger charge is -2.20. The van der Waals surface area contributed by atoms with Crippen LogP contribution >= 0.6 is 7.82 Å². The Balaban J connectivity index is 2.21. The largest absolute Gasteiger partial charge is 0.590 e. The van der Waals surface area contributed by atoms with E-state index in [-0.39, 0.29) is 11.5 Å². The van der Waals surface area contributed by atoms with Crippen LogP contribution in [0, 0.1) is 0 Å². The number of phosphoric ester groups is 1. The van der Waals surface area contributed by atoms with Crippen molar-refractivity contribution in [1.29, 1.82) is 0 Å². The summed E-state index contributed by atoms with van der Waals surface area (Å²) in [4.78, 5) is 0. The van der Waals surface area contributed by atoms with Gasteiger partial charge in [0.05, 0.1) is 0 Å². The number of para-hydroxylation sites is 2. The van der Waals surface area contributed by atoms with Gasteiger partial charge >= 0.3 is 7.82 Å². The van der Waals surface area contributed by atoms with Gasteiger partial charge in [-0.3, -0.25) is 0 Å². The summed E-state index contributed by atoms with van der Waals surface area (Å²) in [5, 5.41) is 0. The van der Waals surface area contributed by atoms with Crippen LogP contribution in [0.3, 0.4) is 0 Å². The average Bonchev–Trinajstić information content (AvgIpc) is 2.48. The molecule has 0 aliphatic carbocycles. The van der Waals surface area contributed by atoms with E-state index in [4.69, 9.17) is 9.05 Å². The number of hydrogen-bond acceptors (Lipinski definition) is 4. The van der Waals surface area contributed by atoms with Crippen LogP contribution in [0.2, 0.25) is 0 Å². The minimum Gasteiger partial charge on any atom is -0.395 e. The van der Waals surface area contributed by atoms with Crippen LogP contribution in [0.15, 0.2) is 60.7 Å². The second-order valence-corrected chi connectivity index (χ2v) is 5.52. The van der Waals surface area contributed by atoms with E-state index in [1.807, 2.05) is 0 Å². The summed E-state index contributed by atoms with van der Waals surface area (Å²) < 4.78 is 64.3. The molecule has 0 radical (unpaired) electrons. The molecule has 0 aliphatic rings. The van der Waals surface area contributed by atoms with Crippen LogP contribution < -0.4 is 9.05 Å². The van der Waals surface area contributed by atoms with Crippen LogP contribution in [0.1, 0.15) is 0 Å². The molecule has 0 N–H and O–H groups in total. The Morgan fingerprint density at radius 1 is 0.773 bits per heavy atom. The second-order valence-electron chi connectivity index (χ2n) is 4.05. The molecule has 0 bridgehead atoms. The molecule has 22 heavy (non-hydrogen) atoms. The van der Waals surface area contributed by atoms with Crippen molar-refractivity contribution in [1.82, 2.24) is 0 Å². The van der Waals surface area contributed by atoms with Crippen molar-refractivity contribution in [3.8, 4) is 11.5 Å². The fourth-order valence-corrected chi connectivity index (χ4v) is 2.67. The van der Waals surface area contributed by atoms with Gasteiger partial charge in [0, 0.05) is 0 Å². The highest BCUT2D eigenvalue weighted by atomic mass is 31.2. The maximum Gasteiger partial charge on any atom is 0.590 e. The van der Waals surface area contributed by atoms with Gasteiger partial charge in [-0.25, -0.2) is 22.3 Å². The Bertz CT molecular complexity index is 579. The van der Waals surface area contributed by atoms with E-state index in [9.17, 15) is 17.7 Å².